The fourth-order valence-electron chi connectivity index (χ4n) is 1.31. The molecule has 0 fully saturated rings. The van der Waals surface area contributed by atoms with Gasteiger partial charge in [-0.25, -0.2) is 9.18 Å². The first-order valence-electron chi connectivity index (χ1n) is 4.84. The highest BCUT2D eigenvalue weighted by molar-refractivity contribution is 6.30. The Labute approximate surface area is 103 Å². The Morgan fingerprint density at radius 2 is 2.24 bits per heavy atom. The highest BCUT2D eigenvalue weighted by Crippen LogP contribution is 2.25. The molecular formula is C10H12ClFN4O. The second-order valence-electron chi connectivity index (χ2n) is 3.27. The standard InChI is InChI=1S/C10H12ClFN4O/c1-2-5-3-6(11)4-7(12)8(5)15-10(17)16-9(13)14/h3-4H,2H2,1H3,(H5,13,14,15,16,17). The number of carbonyl (C=O) groups excluding carboxylic acids is 1. The summed E-state index contributed by atoms with van der Waals surface area (Å²) >= 11 is 5.70. The molecule has 1 rings (SSSR count). The number of guanidine groups is 1. The van der Waals surface area contributed by atoms with E-state index in [0.29, 0.717) is 12.0 Å². The molecular weight excluding hydrogens is 247 g/mol. The van der Waals surface area contributed by atoms with Crippen LogP contribution in [0.1, 0.15) is 12.5 Å². The van der Waals surface area contributed by atoms with E-state index in [0.717, 1.165) is 6.07 Å². The molecule has 0 radical (unpaired) electrons. The summed E-state index contributed by atoms with van der Waals surface area (Å²) in [4.78, 5) is 11.3. The van der Waals surface area contributed by atoms with Crippen LogP contribution in [0.4, 0.5) is 14.9 Å². The number of anilines is 1. The zero-order chi connectivity index (χ0) is 13.0. The fraction of sp³-hybridized carbons (Fsp3) is 0.200. The van der Waals surface area contributed by atoms with Crippen LogP contribution in [0.25, 0.3) is 0 Å². The molecule has 2 amide bonds. The fourth-order valence-corrected chi connectivity index (χ4v) is 1.54. The summed E-state index contributed by atoms with van der Waals surface area (Å²) in [5.41, 5.74) is 5.58. The average Bonchev–Trinajstić information content (AvgIpc) is 2.20. The summed E-state index contributed by atoms with van der Waals surface area (Å²) in [5.74, 6) is -1.15. The van der Waals surface area contributed by atoms with Crippen molar-refractivity contribution in [1.82, 2.24) is 5.32 Å². The van der Waals surface area contributed by atoms with Gasteiger partial charge in [0, 0.05) is 5.02 Å². The van der Waals surface area contributed by atoms with Gasteiger partial charge in [0.1, 0.15) is 5.82 Å². The van der Waals surface area contributed by atoms with Crippen LogP contribution in [0.15, 0.2) is 12.1 Å². The Balaban J connectivity index is 2.97. The number of aryl methyl sites for hydroxylation is 1. The van der Waals surface area contributed by atoms with Gasteiger partial charge in [-0.3, -0.25) is 10.7 Å². The van der Waals surface area contributed by atoms with Gasteiger partial charge in [0.25, 0.3) is 0 Å². The van der Waals surface area contributed by atoms with Gasteiger partial charge in [0.2, 0.25) is 0 Å². The molecule has 0 aliphatic heterocycles. The molecule has 0 saturated heterocycles. The van der Waals surface area contributed by atoms with Gasteiger partial charge in [0.05, 0.1) is 5.69 Å². The quantitative estimate of drug-likeness (QED) is 0.483. The van der Waals surface area contributed by atoms with Crippen molar-refractivity contribution >= 4 is 29.3 Å². The number of urea groups is 1. The zero-order valence-corrected chi connectivity index (χ0v) is 9.86. The molecule has 0 aliphatic rings. The molecule has 5 N–H and O–H groups in total. The molecule has 0 bridgehead atoms. The Bertz CT molecular complexity index is 464. The van der Waals surface area contributed by atoms with E-state index in [1.807, 2.05) is 5.32 Å². The van der Waals surface area contributed by atoms with Crippen LogP contribution in [-0.2, 0) is 6.42 Å². The van der Waals surface area contributed by atoms with Gasteiger partial charge in [0.15, 0.2) is 5.96 Å². The number of halogens is 2. The van der Waals surface area contributed by atoms with E-state index in [-0.39, 0.29) is 10.7 Å². The number of hydrogen-bond donors (Lipinski definition) is 4. The third-order valence-electron chi connectivity index (χ3n) is 2.00. The van der Waals surface area contributed by atoms with Crippen LogP contribution in [0, 0.1) is 11.2 Å². The summed E-state index contributed by atoms with van der Waals surface area (Å²) in [6, 6.07) is 1.89. The van der Waals surface area contributed by atoms with Crippen LogP contribution in [0.2, 0.25) is 5.02 Å². The Kier molecular flexibility index (Phi) is 4.28. The highest BCUT2D eigenvalue weighted by atomic mass is 35.5. The molecule has 92 valence electrons. The van der Waals surface area contributed by atoms with Gasteiger partial charge in [-0.15, -0.1) is 0 Å². The zero-order valence-electron chi connectivity index (χ0n) is 9.10. The summed E-state index contributed by atoms with van der Waals surface area (Å²) < 4.78 is 13.6. The Morgan fingerprint density at radius 3 is 2.76 bits per heavy atom. The van der Waals surface area contributed by atoms with Crippen LogP contribution in [0.5, 0.6) is 0 Å². The largest absolute Gasteiger partial charge is 0.370 e. The second-order valence-corrected chi connectivity index (χ2v) is 3.70. The molecule has 0 saturated carbocycles. The normalized spacial score (nSPS) is 9.82. The summed E-state index contributed by atoms with van der Waals surface area (Å²) in [5, 5.41) is 11.4. The van der Waals surface area contributed by atoms with Crippen molar-refractivity contribution in [3.8, 4) is 0 Å². The van der Waals surface area contributed by atoms with Gasteiger partial charge < -0.3 is 11.1 Å². The minimum atomic E-state index is -0.770. The summed E-state index contributed by atoms with van der Waals surface area (Å²) in [6.45, 7) is 1.80. The van der Waals surface area contributed by atoms with Crippen LogP contribution in [0.3, 0.4) is 0 Å². The maximum Gasteiger partial charge on any atom is 0.326 e. The van der Waals surface area contributed by atoms with E-state index < -0.39 is 17.8 Å². The Hall–Kier alpha value is -1.82. The molecule has 0 unspecified atom stereocenters. The molecule has 0 aliphatic carbocycles. The van der Waals surface area contributed by atoms with E-state index >= 15 is 0 Å². The van der Waals surface area contributed by atoms with Crippen LogP contribution < -0.4 is 16.4 Å². The number of rotatable bonds is 2. The van der Waals surface area contributed by atoms with E-state index in [2.05, 4.69) is 5.32 Å². The maximum absolute atomic E-state index is 13.6. The van der Waals surface area contributed by atoms with Crippen molar-refractivity contribution in [2.24, 2.45) is 5.73 Å². The van der Waals surface area contributed by atoms with Crippen molar-refractivity contribution in [2.45, 2.75) is 13.3 Å². The number of carbonyl (C=O) groups is 1. The minimum Gasteiger partial charge on any atom is -0.370 e. The number of nitrogens with one attached hydrogen (secondary N) is 3. The lowest BCUT2D eigenvalue weighted by Crippen LogP contribution is -2.39. The SMILES string of the molecule is CCc1cc(Cl)cc(F)c1NC(=O)NC(=N)N. The lowest BCUT2D eigenvalue weighted by atomic mass is 10.1. The van der Waals surface area contributed by atoms with Crippen LogP contribution >= 0.6 is 11.6 Å². The van der Waals surface area contributed by atoms with Gasteiger partial charge in [-0.05, 0) is 24.1 Å². The topological polar surface area (TPSA) is 91.0 Å². The van der Waals surface area contributed by atoms with E-state index in [9.17, 15) is 9.18 Å². The monoisotopic (exact) mass is 258 g/mol. The van der Waals surface area contributed by atoms with Crippen molar-refractivity contribution in [3.05, 3.63) is 28.5 Å². The smallest absolute Gasteiger partial charge is 0.326 e. The molecule has 0 heterocycles. The third kappa shape index (κ3) is 3.60. The van der Waals surface area contributed by atoms with Crippen molar-refractivity contribution in [2.75, 3.05) is 5.32 Å². The lowest BCUT2D eigenvalue weighted by Gasteiger charge is -2.11. The average molecular weight is 259 g/mol. The van der Waals surface area contributed by atoms with Crippen molar-refractivity contribution in [3.63, 3.8) is 0 Å². The van der Waals surface area contributed by atoms with Gasteiger partial charge in [-0.2, -0.15) is 0 Å². The first-order chi connectivity index (χ1) is 7.93. The molecule has 0 atom stereocenters. The second kappa shape index (κ2) is 5.49. The number of amides is 2. The minimum absolute atomic E-state index is 0.0376. The molecule has 0 aromatic heterocycles. The molecule has 0 spiro atoms. The molecule has 17 heavy (non-hydrogen) atoms. The number of nitrogens with two attached hydrogens (primary N) is 1. The molecule has 7 heteroatoms. The van der Waals surface area contributed by atoms with Crippen LogP contribution in [-0.4, -0.2) is 12.0 Å². The first-order valence-corrected chi connectivity index (χ1v) is 5.21. The Morgan fingerprint density at radius 1 is 1.59 bits per heavy atom. The predicted molar refractivity (Wildman–Crippen MR) is 64.9 cm³/mol. The maximum atomic E-state index is 13.6. The highest BCUT2D eigenvalue weighted by Gasteiger charge is 2.12. The van der Waals surface area contributed by atoms with E-state index in [4.69, 9.17) is 22.7 Å². The third-order valence-corrected chi connectivity index (χ3v) is 2.22. The first kappa shape index (κ1) is 13.2. The van der Waals surface area contributed by atoms with Crippen molar-refractivity contribution in [1.29, 1.82) is 5.41 Å². The molecule has 1 aromatic rings. The van der Waals surface area contributed by atoms with E-state index in [1.165, 1.54) is 0 Å². The predicted octanol–water partition coefficient (Wildman–Crippen LogP) is 2.06. The number of hydrogen-bond acceptors (Lipinski definition) is 2. The molecule has 5 nitrogen and oxygen atoms in total. The molecule has 1 aromatic carbocycles. The summed E-state index contributed by atoms with van der Waals surface area (Å²) in [6.07, 6.45) is 0.507. The summed E-state index contributed by atoms with van der Waals surface area (Å²) in [7, 11) is 0. The lowest BCUT2D eigenvalue weighted by molar-refractivity contribution is 0.256. The van der Waals surface area contributed by atoms with Gasteiger partial charge in [-0.1, -0.05) is 18.5 Å². The van der Waals surface area contributed by atoms with E-state index in [1.54, 1.807) is 13.0 Å². The van der Waals surface area contributed by atoms with Crippen molar-refractivity contribution < 1.29 is 9.18 Å². The van der Waals surface area contributed by atoms with Gasteiger partial charge >= 0.3 is 6.03 Å². The number of benzene rings is 1.